The van der Waals surface area contributed by atoms with E-state index < -0.39 is 6.10 Å². The van der Waals surface area contributed by atoms with Crippen LogP contribution in [0, 0.1) is 6.92 Å². The summed E-state index contributed by atoms with van der Waals surface area (Å²) >= 11 is 0. The Balaban J connectivity index is 1.15. The first-order valence-electron chi connectivity index (χ1n) is 17.8. The zero-order valence-electron chi connectivity index (χ0n) is 27.0. The molecule has 0 aliphatic carbocycles. The van der Waals surface area contributed by atoms with Gasteiger partial charge in [0.25, 0.3) is 0 Å². The summed E-state index contributed by atoms with van der Waals surface area (Å²) in [7, 11) is 0. The van der Waals surface area contributed by atoms with Gasteiger partial charge in [-0.1, -0.05) is 84.0 Å². The van der Waals surface area contributed by atoms with Crippen LogP contribution in [-0.2, 0) is 15.9 Å². The molecule has 0 spiro atoms. The number of aliphatic hydroxyl groups excluding tert-OH is 3. The van der Waals surface area contributed by atoms with Crippen LogP contribution in [0.15, 0.2) is 16.7 Å². The second-order valence-electron chi connectivity index (χ2n) is 13.4. The normalized spacial score (nSPS) is 24.8. The number of unbranched alkanes of at least 4 members (excludes halogenated alkanes) is 11. The third-order valence-corrected chi connectivity index (χ3v) is 9.62. The van der Waals surface area contributed by atoms with Gasteiger partial charge in [-0.2, -0.15) is 0 Å². The fraction of sp³-hybridized carbons (Fsp3) is 0.889. The molecule has 0 bridgehead atoms. The maximum Gasteiger partial charge on any atom is 0.100 e. The van der Waals surface area contributed by atoms with Crippen molar-refractivity contribution in [3.05, 3.63) is 23.7 Å². The number of aliphatic hydroxyl groups is 3. The zero-order valence-corrected chi connectivity index (χ0v) is 27.0. The largest absolute Gasteiger partial charge is 0.469 e. The van der Waals surface area contributed by atoms with Crippen molar-refractivity contribution in [1.82, 2.24) is 0 Å². The number of ether oxygens (including phenoxy) is 2. The first-order valence-corrected chi connectivity index (χ1v) is 17.8. The summed E-state index contributed by atoms with van der Waals surface area (Å²) in [5.41, 5.74) is 1.33. The Bertz CT molecular complexity index is 796. The predicted molar refractivity (Wildman–Crippen MR) is 170 cm³/mol. The SMILES string of the molecule is CCCCCC[C@H](O)CCC[C@H](O)[C@H]1CC[C@H]([C@H]2CC[C@H]([C@H](O)CCCCCCCCCCCc3coc(C)c3)O2)O1. The molecule has 0 amide bonds. The summed E-state index contributed by atoms with van der Waals surface area (Å²) in [4.78, 5) is 0. The van der Waals surface area contributed by atoms with Crippen molar-refractivity contribution in [1.29, 1.82) is 0 Å². The molecule has 2 saturated heterocycles. The Kier molecular flexibility index (Phi) is 17.7. The molecule has 244 valence electrons. The van der Waals surface area contributed by atoms with Crippen LogP contribution < -0.4 is 0 Å². The summed E-state index contributed by atoms with van der Waals surface area (Å²) in [6.07, 6.45) is 25.5. The van der Waals surface area contributed by atoms with Gasteiger partial charge in [-0.3, -0.25) is 0 Å². The van der Waals surface area contributed by atoms with Crippen molar-refractivity contribution in [2.45, 2.75) is 204 Å². The first kappa shape index (κ1) is 35.6. The summed E-state index contributed by atoms with van der Waals surface area (Å²) in [5, 5.41) is 31.6. The summed E-state index contributed by atoms with van der Waals surface area (Å²) in [6, 6.07) is 2.15. The van der Waals surface area contributed by atoms with E-state index in [0.29, 0.717) is 6.42 Å². The van der Waals surface area contributed by atoms with Gasteiger partial charge in [0.1, 0.15) is 5.76 Å². The van der Waals surface area contributed by atoms with Crippen molar-refractivity contribution >= 4 is 0 Å². The monoisotopic (exact) mass is 592 g/mol. The van der Waals surface area contributed by atoms with Crippen molar-refractivity contribution in [2.24, 2.45) is 0 Å². The molecular formula is C36H64O6. The van der Waals surface area contributed by atoms with Gasteiger partial charge in [0.05, 0.1) is 49.0 Å². The Hall–Kier alpha value is -0.920. The maximum absolute atomic E-state index is 10.7. The molecule has 1 aromatic rings. The van der Waals surface area contributed by atoms with E-state index in [1.807, 2.05) is 13.2 Å². The highest BCUT2D eigenvalue weighted by atomic mass is 16.6. The molecular weight excluding hydrogens is 528 g/mol. The van der Waals surface area contributed by atoms with Crippen molar-refractivity contribution < 1.29 is 29.2 Å². The predicted octanol–water partition coefficient (Wildman–Crippen LogP) is 8.35. The molecule has 3 rings (SSSR count). The van der Waals surface area contributed by atoms with Crippen LogP contribution in [0.4, 0.5) is 0 Å². The van der Waals surface area contributed by atoms with Crippen LogP contribution in [0.5, 0.6) is 0 Å². The fourth-order valence-corrected chi connectivity index (χ4v) is 6.93. The lowest BCUT2D eigenvalue weighted by molar-refractivity contribution is -0.110. The molecule has 3 heterocycles. The second kappa shape index (κ2) is 20.9. The molecule has 6 heteroatoms. The van der Waals surface area contributed by atoms with Crippen LogP contribution >= 0.6 is 0 Å². The molecule has 2 fully saturated rings. The summed E-state index contributed by atoms with van der Waals surface area (Å²) in [5.74, 6) is 1.01. The van der Waals surface area contributed by atoms with Crippen molar-refractivity contribution in [3.63, 3.8) is 0 Å². The second-order valence-corrected chi connectivity index (χ2v) is 13.4. The molecule has 6 nitrogen and oxygen atoms in total. The molecule has 7 atom stereocenters. The zero-order chi connectivity index (χ0) is 30.0. The van der Waals surface area contributed by atoms with Crippen LogP contribution in [0.3, 0.4) is 0 Å². The Morgan fingerprint density at radius 1 is 0.643 bits per heavy atom. The van der Waals surface area contributed by atoms with E-state index in [4.69, 9.17) is 13.9 Å². The third kappa shape index (κ3) is 13.8. The number of rotatable bonds is 24. The molecule has 1 aromatic heterocycles. The Labute approximate surface area is 257 Å². The molecule has 0 unspecified atom stereocenters. The van der Waals surface area contributed by atoms with E-state index in [1.54, 1.807) is 0 Å². The first-order chi connectivity index (χ1) is 20.5. The molecule has 0 saturated carbocycles. The van der Waals surface area contributed by atoms with E-state index >= 15 is 0 Å². The van der Waals surface area contributed by atoms with Gasteiger partial charge >= 0.3 is 0 Å². The van der Waals surface area contributed by atoms with Gasteiger partial charge in [-0.05, 0) is 89.2 Å². The van der Waals surface area contributed by atoms with E-state index in [9.17, 15) is 15.3 Å². The average molecular weight is 593 g/mol. The molecule has 0 aromatic carbocycles. The van der Waals surface area contributed by atoms with Gasteiger partial charge in [0, 0.05) is 0 Å². The van der Waals surface area contributed by atoms with Gasteiger partial charge in [-0.15, -0.1) is 0 Å². The van der Waals surface area contributed by atoms with Gasteiger partial charge < -0.3 is 29.2 Å². The molecule has 2 aliphatic heterocycles. The van der Waals surface area contributed by atoms with E-state index in [-0.39, 0.29) is 36.6 Å². The van der Waals surface area contributed by atoms with Gasteiger partial charge in [0.15, 0.2) is 0 Å². The molecule has 3 N–H and O–H groups in total. The van der Waals surface area contributed by atoms with Gasteiger partial charge in [-0.25, -0.2) is 0 Å². The minimum Gasteiger partial charge on any atom is -0.469 e. The molecule has 2 aliphatic rings. The lowest BCUT2D eigenvalue weighted by Crippen LogP contribution is -2.33. The lowest BCUT2D eigenvalue weighted by atomic mass is 9.99. The standard InChI is InChI=1S/C36H64O6/c1-3-4-5-14-18-30(37)19-16-21-32(39)34-23-25-36(42-34)35-24-22-33(41-35)31(38)20-15-12-10-8-6-7-9-11-13-17-29-26-28(2)40-27-29/h26-27,30-39H,3-25H2,1-2H3/t30-,31+,32-,33+,34+,35+,36+/m0/s1. The molecule has 42 heavy (non-hydrogen) atoms. The van der Waals surface area contributed by atoms with Crippen LogP contribution in [0.2, 0.25) is 0 Å². The Morgan fingerprint density at radius 2 is 1.14 bits per heavy atom. The molecule has 0 radical (unpaired) electrons. The minimum atomic E-state index is -0.470. The van der Waals surface area contributed by atoms with Crippen LogP contribution in [0.1, 0.15) is 160 Å². The van der Waals surface area contributed by atoms with Crippen LogP contribution in [0.25, 0.3) is 0 Å². The maximum atomic E-state index is 10.7. The third-order valence-electron chi connectivity index (χ3n) is 9.62. The number of hydrogen-bond donors (Lipinski definition) is 3. The summed E-state index contributed by atoms with van der Waals surface area (Å²) < 4.78 is 17.9. The summed E-state index contributed by atoms with van der Waals surface area (Å²) in [6.45, 7) is 4.21. The number of aryl methyl sites for hydroxylation is 2. The highest BCUT2D eigenvalue weighted by Gasteiger charge is 2.40. The average Bonchev–Trinajstić information content (AvgIpc) is 3.75. The Morgan fingerprint density at radius 3 is 1.71 bits per heavy atom. The lowest BCUT2D eigenvalue weighted by Gasteiger charge is -2.24. The number of furan rings is 1. The highest BCUT2D eigenvalue weighted by molar-refractivity contribution is 5.11. The quantitative estimate of drug-likeness (QED) is 0.105. The van der Waals surface area contributed by atoms with Crippen LogP contribution in [-0.4, -0.2) is 58.0 Å². The van der Waals surface area contributed by atoms with E-state index in [0.717, 1.165) is 76.4 Å². The van der Waals surface area contributed by atoms with E-state index in [2.05, 4.69) is 13.0 Å². The number of hydrogen-bond acceptors (Lipinski definition) is 6. The van der Waals surface area contributed by atoms with Gasteiger partial charge in [0.2, 0.25) is 0 Å². The van der Waals surface area contributed by atoms with Crippen molar-refractivity contribution in [2.75, 3.05) is 0 Å². The van der Waals surface area contributed by atoms with E-state index in [1.165, 1.54) is 76.2 Å². The topological polar surface area (TPSA) is 92.3 Å². The van der Waals surface area contributed by atoms with Crippen molar-refractivity contribution in [3.8, 4) is 0 Å². The minimum absolute atomic E-state index is 0.0286. The fourth-order valence-electron chi connectivity index (χ4n) is 6.93. The smallest absolute Gasteiger partial charge is 0.100 e. The highest BCUT2D eigenvalue weighted by Crippen LogP contribution is 2.34.